The molecule has 0 saturated heterocycles. The number of pyridine rings is 1. The predicted octanol–water partition coefficient (Wildman–Crippen LogP) is 8.00. The normalized spacial score (nSPS) is 27.7. The van der Waals surface area contributed by atoms with E-state index in [2.05, 4.69) is 18.0 Å². The topological polar surface area (TPSA) is 22.1 Å². The molecule has 2 aliphatic rings. The second-order valence-corrected chi connectivity index (χ2v) is 10.1. The molecule has 0 aromatic carbocycles. The summed E-state index contributed by atoms with van der Waals surface area (Å²) in [7, 11) is 1.70. The van der Waals surface area contributed by atoms with Crippen molar-refractivity contribution in [2.45, 2.75) is 110 Å². The highest BCUT2D eigenvalue weighted by atomic mass is 16.5. The number of rotatable bonds is 11. The number of hydrogen-bond acceptors (Lipinski definition) is 2. The van der Waals surface area contributed by atoms with Gasteiger partial charge in [0, 0.05) is 5.69 Å². The fourth-order valence-electron chi connectivity index (χ4n) is 5.80. The van der Waals surface area contributed by atoms with Crippen LogP contribution in [0.3, 0.4) is 0 Å². The van der Waals surface area contributed by atoms with E-state index in [1.807, 2.05) is 12.3 Å². The highest BCUT2D eigenvalue weighted by Crippen LogP contribution is 2.38. The minimum atomic E-state index is 0.860. The Hall–Kier alpha value is -1.05. The van der Waals surface area contributed by atoms with Crippen LogP contribution in [0.1, 0.15) is 109 Å². The first-order chi connectivity index (χ1) is 14.3. The Labute approximate surface area is 180 Å². The van der Waals surface area contributed by atoms with Gasteiger partial charge in [-0.15, -0.1) is 0 Å². The molecule has 3 rings (SSSR count). The molecule has 0 N–H and O–H groups in total. The maximum atomic E-state index is 5.20. The summed E-state index contributed by atoms with van der Waals surface area (Å²) >= 11 is 0. The quantitative estimate of drug-likeness (QED) is 0.352. The van der Waals surface area contributed by atoms with Gasteiger partial charge >= 0.3 is 0 Å². The number of nitrogens with zero attached hydrogens (tertiary/aromatic N) is 1. The molecule has 0 spiro atoms. The fourth-order valence-corrected chi connectivity index (χ4v) is 5.80. The van der Waals surface area contributed by atoms with Gasteiger partial charge in [-0.25, -0.2) is 0 Å². The number of ether oxygens (including phenoxy) is 1. The van der Waals surface area contributed by atoms with Gasteiger partial charge in [-0.05, 0) is 48.6 Å². The summed E-state index contributed by atoms with van der Waals surface area (Å²) in [5, 5.41) is 0. The van der Waals surface area contributed by atoms with Crippen LogP contribution >= 0.6 is 0 Å². The van der Waals surface area contributed by atoms with E-state index in [-0.39, 0.29) is 0 Å². The van der Waals surface area contributed by atoms with E-state index in [0.717, 1.165) is 35.8 Å². The fraction of sp³-hybridized carbons (Fsp3) is 0.815. The molecule has 1 heterocycles. The van der Waals surface area contributed by atoms with Crippen LogP contribution in [0.2, 0.25) is 0 Å². The third-order valence-corrected chi connectivity index (χ3v) is 7.97. The molecule has 164 valence electrons. The predicted molar refractivity (Wildman–Crippen MR) is 123 cm³/mol. The maximum Gasteiger partial charge on any atom is 0.137 e. The Kier molecular flexibility index (Phi) is 9.83. The number of hydrogen-bond donors (Lipinski definition) is 0. The van der Waals surface area contributed by atoms with Gasteiger partial charge in [0.1, 0.15) is 5.75 Å². The van der Waals surface area contributed by atoms with E-state index in [1.165, 1.54) is 102 Å². The Bertz CT molecular complexity index is 538. The number of unbranched alkanes of at least 4 members (excludes halogenated alkanes) is 2. The lowest BCUT2D eigenvalue weighted by Crippen LogP contribution is -2.18. The lowest BCUT2D eigenvalue weighted by molar-refractivity contribution is 0.208. The molecular formula is C27H45NO. The SMILES string of the molecule is CCCCC[C@H]1CC[C@H](CCC2CCC(CCc3ccc(OC)cn3)CC2)CC1. The van der Waals surface area contributed by atoms with Crippen molar-refractivity contribution in [2.75, 3.05) is 7.11 Å². The van der Waals surface area contributed by atoms with Gasteiger partial charge in [0.2, 0.25) is 0 Å². The van der Waals surface area contributed by atoms with Gasteiger partial charge in [0.25, 0.3) is 0 Å². The Morgan fingerprint density at radius 3 is 1.79 bits per heavy atom. The van der Waals surface area contributed by atoms with Crippen molar-refractivity contribution in [3.8, 4) is 5.75 Å². The second kappa shape index (κ2) is 12.6. The van der Waals surface area contributed by atoms with Gasteiger partial charge in [-0.1, -0.05) is 96.8 Å². The van der Waals surface area contributed by atoms with Crippen LogP contribution < -0.4 is 4.74 Å². The molecule has 1 aromatic heterocycles. The van der Waals surface area contributed by atoms with Gasteiger partial charge in [-0.3, -0.25) is 4.98 Å². The first-order valence-corrected chi connectivity index (χ1v) is 12.8. The van der Waals surface area contributed by atoms with Gasteiger partial charge in [0.05, 0.1) is 13.3 Å². The summed E-state index contributed by atoms with van der Waals surface area (Å²) in [5.74, 6) is 4.92. The minimum absolute atomic E-state index is 0.860. The van der Waals surface area contributed by atoms with E-state index >= 15 is 0 Å². The summed E-state index contributed by atoms with van der Waals surface area (Å²) in [6, 6.07) is 4.17. The highest BCUT2D eigenvalue weighted by molar-refractivity contribution is 5.19. The van der Waals surface area contributed by atoms with Crippen molar-refractivity contribution in [1.82, 2.24) is 4.98 Å². The van der Waals surface area contributed by atoms with Crippen LogP contribution in [-0.2, 0) is 6.42 Å². The maximum absolute atomic E-state index is 5.20. The van der Waals surface area contributed by atoms with Gasteiger partial charge in [0.15, 0.2) is 0 Å². The molecule has 0 atom stereocenters. The van der Waals surface area contributed by atoms with Crippen LogP contribution in [0, 0.1) is 23.7 Å². The summed E-state index contributed by atoms with van der Waals surface area (Å²) in [4.78, 5) is 4.53. The lowest BCUT2D eigenvalue weighted by Gasteiger charge is -2.32. The van der Waals surface area contributed by atoms with Crippen molar-refractivity contribution < 1.29 is 4.74 Å². The Balaban J connectivity index is 1.24. The molecule has 2 saturated carbocycles. The van der Waals surface area contributed by atoms with Gasteiger partial charge in [-0.2, -0.15) is 0 Å². The van der Waals surface area contributed by atoms with Gasteiger partial charge < -0.3 is 4.74 Å². The third-order valence-electron chi connectivity index (χ3n) is 7.97. The van der Waals surface area contributed by atoms with E-state index in [0.29, 0.717) is 0 Å². The van der Waals surface area contributed by atoms with Crippen molar-refractivity contribution in [2.24, 2.45) is 23.7 Å². The minimum Gasteiger partial charge on any atom is -0.495 e. The monoisotopic (exact) mass is 399 g/mol. The summed E-state index contributed by atoms with van der Waals surface area (Å²) in [6.07, 6.45) is 25.1. The average Bonchev–Trinajstić information content (AvgIpc) is 2.78. The van der Waals surface area contributed by atoms with Crippen LogP contribution in [0.5, 0.6) is 5.75 Å². The van der Waals surface area contributed by atoms with Crippen molar-refractivity contribution >= 4 is 0 Å². The van der Waals surface area contributed by atoms with Crippen LogP contribution in [-0.4, -0.2) is 12.1 Å². The summed E-state index contributed by atoms with van der Waals surface area (Å²) in [6.45, 7) is 2.32. The molecule has 0 amide bonds. The van der Waals surface area contributed by atoms with Crippen molar-refractivity contribution in [3.63, 3.8) is 0 Å². The molecule has 1 aromatic rings. The number of methoxy groups -OCH3 is 1. The largest absolute Gasteiger partial charge is 0.495 e. The molecule has 0 bridgehead atoms. The zero-order valence-electron chi connectivity index (χ0n) is 19.2. The zero-order chi connectivity index (χ0) is 20.3. The van der Waals surface area contributed by atoms with Crippen LogP contribution in [0.4, 0.5) is 0 Å². The van der Waals surface area contributed by atoms with Crippen LogP contribution in [0.15, 0.2) is 18.3 Å². The molecule has 0 aliphatic heterocycles. The molecule has 2 aliphatic carbocycles. The summed E-state index contributed by atoms with van der Waals surface area (Å²) in [5.41, 5.74) is 1.22. The number of aromatic nitrogens is 1. The summed E-state index contributed by atoms with van der Waals surface area (Å²) < 4.78 is 5.20. The molecule has 0 unspecified atom stereocenters. The average molecular weight is 400 g/mol. The second-order valence-electron chi connectivity index (χ2n) is 10.1. The van der Waals surface area contributed by atoms with Crippen molar-refractivity contribution in [3.05, 3.63) is 24.0 Å². The molecule has 29 heavy (non-hydrogen) atoms. The Morgan fingerprint density at radius 1 is 0.759 bits per heavy atom. The molecule has 2 fully saturated rings. The first kappa shape index (κ1) is 22.6. The molecule has 2 nitrogen and oxygen atoms in total. The number of aryl methyl sites for hydroxylation is 1. The third kappa shape index (κ3) is 7.95. The van der Waals surface area contributed by atoms with E-state index in [1.54, 1.807) is 7.11 Å². The first-order valence-electron chi connectivity index (χ1n) is 12.8. The standard InChI is InChI=1S/C27H45NO/c1-3-4-5-6-22-7-9-23(10-8-22)11-12-24-13-15-25(16-14-24)17-18-26-19-20-27(29-2)21-28-26/h19-25H,3-18H2,1-2H3/t22-,23-,24?,25?. The zero-order valence-corrected chi connectivity index (χ0v) is 19.2. The molecule has 2 heteroatoms. The van der Waals surface area contributed by atoms with E-state index in [4.69, 9.17) is 4.74 Å². The lowest BCUT2D eigenvalue weighted by atomic mass is 9.74. The molecule has 0 radical (unpaired) electrons. The van der Waals surface area contributed by atoms with E-state index in [9.17, 15) is 0 Å². The molecular weight excluding hydrogens is 354 g/mol. The van der Waals surface area contributed by atoms with E-state index < -0.39 is 0 Å². The van der Waals surface area contributed by atoms with Crippen molar-refractivity contribution in [1.29, 1.82) is 0 Å². The smallest absolute Gasteiger partial charge is 0.137 e. The van der Waals surface area contributed by atoms with Crippen LogP contribution in [0.25, 0.3) is 0 Å². The highest BCUT2D eigenvalue weighted by Gasteiger charge is 2.24. The Morgan fingerprint density at radius 2 is 1.31 bits per heavy atom.